The molecule has 2 N–H and O–H groups in total. The molecule has 4 nitrogen and oxygen atoms in total. The number of fused-ring (bicyclic) bond motifs is 1. The fraction of sp³-hybridized carbons (Fsp3) is 0.250. The average molecular weight is 267 g/mol. The molecule has 4 heteroatoms. The van der Waals surface area contributed by atoms with Crippen LogP contribution in [0.1, 0.15) is 27.9 Å². The van der Waals surface area contributed by atoms with Crippen LogP contribution in [0.5, 0.6) is 0 Å². The summed E-state index contributed by atoms with van der Waals surface area (Å²) in [4.78, 5) is 16.6. The first-order chi connectivity index (χ1) is 9.74. The minimum absolute atomic E-state index is 0.0955. The van der Waals surface area contributed by atoms with Gasteiger partial charge < -0.3 is 10.6 Å². The van der Waals surface area contributed by atoms with E-state index in [-0.39, 0.29) is 5.91 Å². The van der Waals surface area contributed by atoms with Crippen molar-refractivity contribution < 1.29 is 4.79 Å². The first kappa shape index (κ1) is 12.7. The van der Waals surface area contributed by atoms with E-state index in [9.17, 15) is 4.79 Å². The lowest BCUT2D eigenvalue weighted by atomic mass is 9.97. The number of hydrogen-bond donors (Lipinski definition) is 2. The third kappa shape index (κ3) is 2.50. The number of aromatic nitrogens is 1. The number of hydrogen-bond acceptors (Lipinski definition) is 3. The first-order valence-electron chi connectivity index (χ1n) is 6.84. The Bertz CT molecular complexity index is 635. The molecular formula is C16H17N3O. The number of nitrogens with one attached hydrogen (secondary N) is 2. The number of carbonyl (C=O) groups is 1. The predicted octanol–water partition coefficient (Wildman–Crippen LogP) is 3.00. The Labute approximate surface area is 118 Å². The number of pyridine rings is 1. The molecule has 3 rings (SSSR count). The summed E-state index contributed by atoms with van der Waals surface area (Å²) in [6.07, 6.45) is 3.74. The fourth-order valence-electron chi connectivity index (χ4n) is 2.45. The SMILES string of the molecule is Cc1ccc(NC(=O)c2cccc3c2CCCN3)nc1. The van der Waals surface area contributed by atoms with Gasteiger partial charge in [-0.1, -0.05) is 12.1 Å². The van der Waals surface area contributed by atoms with Crippen LogP contribution in [-0.4, -0.2) is 17.4 Å². The highest BCUT2D eigenvalue weighted by Crippen LogP contribution is 2.25. The molecule has 2 heterocycles. The zero-order chi connectivity index (χ0) is 13.9. The standard InChI is InChI=1S/C16H17N3O/c1-11-7-8-15(18-10-11)19-16(20)13-4-2-6-14-12(13)5-3-9-17-14/h2,4,6-8,10,17H,3,5,9H2,1H3,(H,18,19,20). The molecular weight excluding hydrogens is 250 g/mol. The molecule has 20 heavy (non-hydrogen) atoms. The molecule has 0 saturated carbocycles. The van der Waals surface area contributed by atoms with Gasteiger partial charge in [-0.3, -0.25) is 4.79 Å². The van der Waals surface area contributed by atoms with Gasteiger partial charge in [0.1, 0.15) is 5.82 Å². The summed E-state index contributed by atoms with van der Waals surface area (Å²) >= 11 is 0. The van der Waals surface area contributed by atoms with Crippen molar-refractivity contribution in [3.63, 3.8) is 0 Å². The number of amides is 1. The number of benzene rings is 1. The van der Waals surface area contributed by atoms with Crippen molar-refractivity contribution in [3.8, 4) is 0 Å². The maximum absolute atomic E-state index is 12.4. The van der Waals surface area contributed by atoms with E-state index in [1.807, 2.05) is 37.3 Å². The second-order valence-electron chi connectivity index (χ2n) is 5.04. The van der Waals surface area contributed by atoms with E-state index in [1.165, 1.54) is 0 Å². The lowest BCUT2D eigenvalue weighted by molar-refractivity contribution is 0.102. The predicted molar refractivity (Wildman–Crippen MR) is 80.2 cm³/mol. The maximum atomic E-state index is 12.4. The first-order valence-corrected chi connectivity index (χ1v) is 6.84. The highest BCUT2D eigenvalue weighted by Gasteiger charge is 2.17. The second-order valence-corrected chi connectivity index (χ2v) is 5.04. The monoisotopic (exact) mass is 267 g/mol. The van der Waals surface area contributed by atoms with Gasteiger partial charge >= 0.3 is 0 Å². The molecule has 1 aromatic heterocycles. The van der Waals surface area contributed by atoms with Crippen molar-refractivity contribution in [2.75, 3.05) is 17.2 Å². The molecule has 0 saturated heterocycles. The molecule has 2 aromatic rings. The lowest BCUT2D eigenvalue weighted by Crippen LogP contribution is -2.19. The molecule has 0 spiro atoms. The minimum atomic E-state index is -0.0955. The largest absolute Gasteiger partial charge is 0.385 e. The molecule has 0 aliphatic carbocycles. The van der Waals surface area contributed by atoms with Gasteiger partial charge in [0.2, 0.25) is 0 Å². The van der Waals surface area contributed by atoms with Crippen LogP contribution in [0.3, 0.4) is 0 Å². The Morgan fingerprint density at radius 1 is 1.30 bits per heavy atom. The Hall–Kier alpha value is -2.36. The number of nitrogens with zero attached hydrogens (tertiary/aromatic N) is 1. The fourth-order valence-corrected chi connectivity index (χ4v) is 2.45. The van der Waals surface area contributed by atoms with Gasteiger partial charge in [0.05, 0.1) is 0 Å². The van der Waals surface area contributed by atoms with Crippen LogP contribution in [0.4, 0.5) is 11.5 Å². The third-order valence-corrected chi connectivity index (χ3v) is 3.49. The van der Waals surface area contributed by atoms with Crippen molar-refractivity contribution >= 4 is 17.4 Å². The smallest absolute Gasteiger partial charge is 0.257 e. The molecule has 1 aromatic carbocycles. The van der Waals surface area contributed by atoms with Crippen LogP contribution in [0.2, 0.25) is 0 Å². The second kappa shape index (κ2) is 5.33. The Morgan fingerprint density at radius 2 is 2.20 bits per heavy atom. The molecule has 0 radical (unpaired) electrons. The molecule has 1 aliphatic heterocycles. The van der Waals surface area contributed by atoms with E-state index < -0.39 is 0 Å². The van der Waals surface area contributed by atoms with Crippen LogP contribution >= 0.6 is 0 Å². The number of carbonyl (C=O) groups excluding carboxylic acids is 1. The van der Waals surface area contributed by atoms with Gasteiger partial charge in [0.15, 0.2) is 0 Å². The zero-order valence-electron chi connectivity index (χ0n) is 11.4. The normalized spacial score (nSPS) is 13.2. The molecule has 1 aliphatic rings. The van der Waals surface area contributed by atoms with Crippen LogP contribution in [0.15, 0.2) is 36.5 Å². The minimum Gasteiger partial charge on any atom is -0.385 e. The van der Waals surface area contributed by atoms with Crippen LogP contribution in [0.25, 0.3) is 0 Å². The van der Waals surface area contributed by atoms with Crippen LogP contribution in [-0.2, 0) is 6.42 Å². The van der Waals surface area contributed by atoms with E-state index in [4.69, 9.17) is 0 Å². The van der Waals surface area contributed by atoms with Crippen LogP contribution in [0, 0.1) is 6.92 Å². The number of rotatable bonds is 2. The quantitative estimate of drug-likeness (QED) is 0.879. The highest BCUT2D eigenvalue weighted by atomic mass is 16.1. The Morgan fingerprint density at radius 3 is 3.00 bits per heavy atom. The maximum Gasteiger partial charge on any atom is 0.257 e. The molecule has 0 bridgehead atoms. The van der Waals surface area contributed by atoms with Crippen molar-refractivity contribution in [3.05, 3.63) is 53.2 Å². The average Bonchev–Trinajstić information content (AvgIpc) is 2.49. The van der Waals surface area contributed by atoms with Crippen molar-refractivity contribution in [1.29, 1.82) is 0 Å². The zero-order valence-corrected chi connectivity index (χ0v) is 11.4. The van der Waals surface area contributed by atoms with Gasteiger partial charge in [-0.2, -0.15) is 0 Å². The van der Waals surface area contributed by atoms with E-state index in [0.717, 1.165) is 41.8 Å². The Balaban J connectivity index is 1.85. The highest BCUT2D eigenvalue weighted by molar-refractivity contribution is 6.05. The van der Waals surface area contributed by atoms with Gasteiger partial charge in [0.25, 0.3) is 5.91 Å². The molecule has 0 atom stereocenters. The third-order valence-electron chi connectivity index (χ3n) is 3.49. The number of aryl methyl sites for hydroxylation is 1. The van der Waals surface area contributed by atoms with Gasteiger partial charge in [-0.15, -0.1) is 0 Å². The topological polar surface area (TPSA) is 54.0 Å². The Kier molecular flexibility index (Phi) is 3.37. The molecule has 0 fully saturated rings. The summed E-state index contributed by atoms with van der Waals surface area (Å²) in [6.45, 7) is 2.94. The van der Waals surface area contributed by atoms with E-state index in [0.29, 0.717) is 5.82 Å². The van der Waals surface area contributed by atoms with Crippen molar-refractivity contribution in [2.24, 2.45) is 0 Å². The summed E-state index contributed by atoms with van der Waals surface area (Å²) in [5.41, 5.74) is 3.98. The van der Waals surface area contributed by atoms with E-state index in [2.05, 4.69) is 15.6 Å². The van der Waals surface area contributed by atoms with Gasteiger partial charge in [-0.25, -0.2) is 4.98 Å². The van der Waals surface area contributed by atoms with E-state index >= 15 is 0 Å². The summed E-state index contributed by atoms with van der Waals surface area (Å²) in [5, 5.41) is 6.19. The molecule has 0 unspecified atom stereocenters. The number of anilines is 2. The van der Waals surface area contributed by atoms with E-state index in [1.54, 1.807) is 6.20 Å². The molecule has 102 valence electrons. The van der Waals surface area contributed by atoms with Crippen molar-refractivity contribution in [2.45, 2.75) is 19.8 Å². The van der Waals surface area contributed by atoms with Gasteiger partial charge in [0, 0.05) is 24.0 Å². The summed E-state index contributed by atoms with van der Waals surface area (Å²) in [7, 11) is 0. The summed E-state index contributed by atoms with van der Waals surface area (Å²) in [6, 6.07) is 9.56. The summed E-state index contributed by atoms with van der Waals surface area (Å²) < 4.78 is 0. The van der Waals surface area contributed by atoms with Crippen molar-refractivity contribution in [1.82, 2.24) is 4.98 Å². The van der Waals surface area contributed by atoms with Gasteiger partial charge in [-0.05, 0) is 49.1 Å². The molecule has 1 amide bonds. The van der Waals surface area contributed by atoms with Crippen LogP contribution < -0.4 is 10.6 Å². The lowest BCUT2D eigenvalue weighted by Gasteiger charge is -2.20. The summed E-state index contributed by atoms with van der Waals surface area (Å²) in [5.74, 6) is 0.490.